The molecule has 4 amide bonds. The third-order valence-corrected chi connectivity index (χ3v) is 3.82. The van der Waals surface area contributed by atoms with Crippen molar-refractivity contribution in [3.05, 3.63) is 0 Å². The molecule has 0 aliphatic carbocycles. The average molecular weight is 393 g/mol. The van der Waals surface area contributed by atoms with Crippen molar-refractivity contribution in [2.45, 2.75) is 38.6 Å². The highest BCUT2D eigenvalue weighted by Crippen LogP contribution is 2.02. The van der Waals surface area contributed by atoms with E-state index in [1.807, 2.05) is 0 Å². The van der Waals surface area contributed by atoms with Gasteiger partial charge in [-0.25, -0.2) is 0 Å². The molecule has 10 heteroatoms. The Morgan fingerprint density at radius 1 is 0.800 bits per heavy atom. The van der Waals surface area contributed by atoms with Crippen LogP contribution in [-0.4, -0.2) is 60.8 Å². The van der Waals surface area contributed by atoms with E-state index < -0.39 is 6.04 Å². The van der Waals surface area contributed by atoms with Crippen LogP contribution >= 0.6 is 25.3 Å². The van der Waals surface area contributed by atoms with Gasteiger partial charge in [0.2, 0.25) is 23.6 Å². The van der Waals surface area contributed by atoms with E-state index in [0.29, 0.717) is 38.8 Å². The van der Waals surface area contributed by atoms with E-state index in [9.17, 15) is 19.2 Å². The number of thiol groups is 2. The van der Waals surface area contributed by atoms with Crippen molar-refractivity contribution in [3.63, 3.8) is 0 Å². The van der Waals surface area contributed by atoms with Crippen molar-refractivity contribution >= 4 is 48.9 Å². The summed E-state index contributed by atoms with van der Waals surface area (Å²) in [5, 5.41) is 10.7. The first-order valence-corrected chi connectivity index (χ1v) is 9.53. The molecule has 0 aliphatic heterocycles. The molecular formula is C15H28N4O4S2. The van der Waals surface area contributed by atoms with E-state index in [1.54, 1.807) is 6.92 Å². The first-order valence-electron chi connectivity index (χ1n) is 8.26. The van der Waals surface area contributed by atoms with Crippen molar-refractivity contribution in [2.24, 2.45) is 0 Å². The summed E-state index contributed by atoms with van der Waals surface area (Å²) < 4.78 is 0. The van der Waals surface area contributed by atoms with Crippen LogP contribution in [0.5, 0.6) is 0 Å². The van der Waals surface area contributed by atoms with Gasteiger partial charge in [-0.15, -0.1) is 0 Å². The van der Waals surface area contributed by atoms with Crippen LogP contribution in [-0.2, 0) is 19.2 Å². The average Bonchev–Trinajstić information content (AvgIpc) is 2.62. The molecule has 0 aliphatic rings. The highest BCUT2D eigenvalue weighted by Gasteiger charge is 2.19. The van der Waals surface area contributed by atoms with Gasteiger partial charge < -0.3 is 21.3 Å². The maximum atomic E-state index is 12.2. The minimum Gasteiger partial charge on any atom is -0.355 e. The summed E-state index contributed by atoms with van der Waals surface area (Å²) in [4.78, 5) is 45.9. The van der Waals surface area contributed by atoms with Crippen LogP contribution in [0.3, 0.4) is 0 Å². The topological polar surface area (TPSA) is 116 Å². The maximum absolute atomic E-state index is 12.2. The maximum Gasteiger partial charge on any atom is 0.242 e. The molecule has 0 saturated carbocycles. The van der Waals surface area contributed by atoms with Crippen molar-refractivity contribution in [3.8, 4) is 0 Å². The van der Waals surface area contributed by atoms with Crippen molar-refractivity contribution in [2.75, 3.05) is 31.1 Å². The molecule has 4 N–H and O–H groups in total. The Hall–Kier alpha value is -1.42. The lowest BCUT2D eigenvalue weighted by Gasteiger charge is -2.18. The first kappa shape index (κ1) is 23.6. The fourth-order valence-electron chi connectivity index (χ4n) is 1.90. The summed E-state index contributed by atoms with van der Waals surface area (Å²) >= 11 is 7.75. The Labute approximate surface area is 159 Å². The normalized spacial score (nSPS) is 11.3. The van der Waals surface area contributed by atoms with Gasteiger partial charge in [0.1, 0.15) is 6.04 Å². The molecule has 0 aromatic rings. The molecule has 0 spiro atoms. The molecule has 0 bridgehead atoms. The lowest BCUT2D eigenvalue weighted by Crippen LogP contribution is -2.48. The minimum atomic E-state index is -0.665. The van der Waals surface area contributed by atoms with E-state index in [1.165, 1.54) is 0 Å². The van der Waals surface area contributed by atoms with Gasteiger partial charge in [0, 0.05) is 26.1 Å². The number of hydrogen-bond acceptors (Lipinski definition) is 6. The molecule has 25 heavy (non-hydrogen) atoms. The zero-order chi connectivity index (χ0) is 19.1. The van der Waals surface area contributed by atoms with Crippen LogP contribution in [0.1, 0.15) is 32.6 Å². The van der Waals surface area contributed by atoms with E-state index in [2.05, 4.69) is 46.5 Å². The van der Waals surface area contributed by atoms with Crippen molar-refractivity contribution < 1.29 is 19.2 Å². The van der Waals surface area contributed by atoms with E-state index in [-0.39, 0.29) is 41.7 Å². The summed E-state index contributed by atoms with van der Waals surface area (Å²) in [5.74, 6) is -0.731. The second-order valence-electron chi connectivity index (χ2n) is 5.28. The van der Waals surface area contributed by atoms with Gasteiger partial charge >= 0.3 is 0 Å². The number of carbonyl (C=O) groups excluding carboxylic acids is 4. The molecule has 0 aromatic carbocycles. The van der Waals surface area contributed by atoms with Gasteiger partial charge in [-0.05, 0) is 19.3 Å². The summed E-state index contributed by atoms with van der Waals surface area (Å²) in [6.07, 6.45) is 2.18. The molecule has 144 valence electrons. The molecule has 0 fully saturated rings. The molecule has 0 radical (unpaired) electrons. The highest BCUT2D eigenvalue weighted by molar-refractivity contribution is 7.81. The van der Waals surface area contributed by atoms with Gasteiger partial charge in [0.15, 0.2) is 0 Å². The fraction of sp³-hybridized carbons (Fsp3) is 0.733. The van der Waals surface area contributed by atoms with Crippen LogP contribution in [0, 0.1) is 0 Å². The first-order chi connectivity index (χ1) is 11.9. The van der Waals surface area contributed by atoms with Crippen molar-refractivity contribution in [1.82, 2.24) is 21.3 Å². The second kappa shape index (κ2) is 14.9. The molecule has 8 nitrogen and oxygen atoms in total. The summed E-state index contributed by atoms with van der Waals surface area (Å²) in [6.45, 7) is 2.87. The highest BCUT2D eigenvalue weighted by atomic mass is 32.1. The lowest BCUT2D eigenvalue weighted by atomic mass is 10.1. The Balaban J connectivity index is 4.22. The molecule has 0 heterocycles. The van der Waals surface area contributed by atoms with Gasteiger partial charge in [-0.2, -0.15) is 25.3 Å². The molecule has 0 unspecified atom stereocenters. The Morgan fingerprint density at radius 3 is 2.00 bits per heavy atom. The smallest absolute Gasteiger partial charge is 0.242 e. The summed E-state index contributed by atoms with van der Waals surface area (Å²) in [5.41, 5.74) is 0. The largest absolute Gasteiger partial charge is 0.355 e. The summed E-state index contributed by atoms with van der Waals surface area (Å²) in [6, 6.07) is -0.665. The molecule has 1 atom stereocenters. The monoisotopic (exact) mass is 392 g/mol. The van der Waals surface area contributed by atoms with E-state index in [4.69, 9.17) is 0 Å². The molecule has 0 rings (SSSR count). The molecule has 0 aromatic heterocycles. The van der Waals surface area contributed by atoms with Gasteiger partial charge in [-0.1, -0.05) is 6.92 Å². The van der Waals surface area contributed by atoms with Crippen LogP contribution in [0.25, 0.3) is 0 Å². The van der Waals surface area contributed by atoms with E-state index in [0.717, 1.165) is 0 Å². The number of hydrogen-bond donors (Lipinski definition) is 6. The number of carbonyl (C=O) groups is 4. The minimum absolute atomic E-state index is 0.00562. The van der Waals surface area contributed by atoms with Gasteiger partial charge in [0.25, 0.3) is 0 Å². The Kier molecular flexibility index (Phi) is 14.0. The second-order valence-corrected chi connectivity index (χ2v) is 5.91. The third-order valence-electron chi connectivity index (χ3n) is 3.25. The predicted molar refractivity (Wildman–Crippen MR) is 103 cm³/mol. The van der Waals surface area contributed by atoms with Gasteiger partial charge in [-0.3, -0.25) is 19.2 Å². The van der Waals surface area contributed by atoms with E-state index >= 15 is 0 Å². The molecular weight excluding hydrogens is 364 g/mol. The van der Waals surface area contributed by atoms with Crippen LogP contribution in [0.4, 0.5) is 0 Å². The zero-order valence-electron chi connectivity index (χ0n) is 14.5. The molecule has 0 saturated heterocycles. The standard InChI is InChI=1S/C15H28N4O4S2/c1-2-12(20)17-7-8-18-15(23)11(19-14(22)10-25)5-3-4-6-16-13(21)9-24/h11,24-25H,2-10H2,1H3,(H,16,21)(H,17,20)(H,18,23)(H,19,22)/t11-/m0/s1. The third kappa shape index (κ3) is 12.6. The quantitative estimate of drug-likeness (QED) is 0.183. The summed E-state index contributed by atoms with van der Waals surface area (Å²) in [7, 11) is 0. The van der Waals surface area contributed by atoms with Crippen LogP contribution < -0.4 is 21.3 Å². The van der Waals surface area contributed by atoms with Crippen molar-refractivity contribution in [1.29, 1.82) is 0 Å². The SMILES string of the molecule is CCC(=O)NCCNC(=O)[C@H](CCCCNC(=O)CS)NC(=O)CS. The Morgan fingerprint density at radius 2 is 1.40 bits per heavy atom. The van der Waals surface area contributed by atoms with Gasteiger partial charge in [0.05, 0.1) is 11.5 Å². The predicted octanol–water partition coefficient (Wildman–Crippen LogP) is -0.740. The number of amides is 4. The van der Waals surface area contributed by atoms with Crippen LogP contribution in [0.2, 0.25) is 0 Å². The Bertz CT molecular complexity index is 449. The lowest BCUT2D eigenvalue weighted by molar-refractivity contribution is -0.128. The zero-order valence-corrected chi connectivity index (χ0v) is 16.3. The number of unbranched alkanes of at least 4 members (excludes halogenated alkanes) is 1. The van der Waals surface area contributed by atoms with Crippen LogP contribution in [0.15, 0.2) is 0 Å². The number of nitrogens with one attached hydrogen (secondary N) is 4. The number of rotatable bonds is 13. The fourth-order valence-corrected chi connectivity index (χ4v) is 2.10.